The SMILES string of the molecule is CC1(C)c2ccc(-c3c4ccccc4c(-c4cccc5c4sc4ccccc45)c4ccccc34)cc2-c2cc3ccccc3cc21. The minimum absolute atomic E-state index is 0.0514. The Hall–Kier alpha value is -5.24. The summed E-state index contributed by atoms with van der Waals surface area (Å²) in [6, 6.07) is 54.5. The van der Waals surface area contributed by atoms with Crippen LogP contribution in [0.1, 0.15) is 25.0 Å². The molecule has 46 heavy (non-hydrogen) atoms. The first-order valence-corrected chi connectivity index (χ1v) is 16.9. The van der Waals surface area contributed by atoms with Gasteiger partial charge in [0, 0.05) is 31.2 Å². The van der Waals surface area contributed by atoms with E-state index in [1.54, 1.807) is 0 Å². The van der Waals surface area contributed by atoms with Gasteiger partial charge < -0.3 is 0 Å². The lowest BCUT2D eigenvalue weighted by Gasteiger charge is -2.22. The van der Waals surface area contributed by atoms with Gasteiger partial charge in [0.15, 0.2) is 0 Å². The first-order valence-electron chi connectivity index (χ1n) is 16.1. The zero-order chi connectivity index (χ0) is 30.6. The second-order valence-electron chi connectivity index (χ2n) is 13.3. The normalized spacial score (nSPS) is 13.6. The van der Waals surface area contributed by atoms with Crippen molar-refractivity contribution >= 4 is 63.8 Å². The van der Waals surface area contributed by atoms with E-state index in [9.17, 15) is 0 Å². The third kappa shape index (κ3) is 3.49. The molecule has 0 N–H and O–H groups in total. The Morgan fingerprint density at radius 3 is 1.70 bits per heavy atom. The Bertz CT molecular complexity index is 2660. The van der Waals surface area contributed by atoms with Crippen LogP contribution in [0.2, 0.25) is 0 Å². The Morgan fingerprint density at radius 2 is 0.978 bits per heavy atom. The maximum absolute atomic E-state index is 2.47. The van der Waals surface area contributed by atoms with E-state index >= 15 is 0 Å². The maximum atomic E-state index is 2.47. The van der Waals surface area contributed by atoms with Crippen molar-refractivity contribution in [1.82, 2.24) is 0 Å². The number of hydrogen-bond acceptors (Lipinski definition) is 1. The molecule has 1 aromatic heterocycles. The Kier molecular flexibility index (Phi) is 5.31. The fraction of sp³-hybridized carbons (Fsp3) is 0.0667. The summed E-state index contributed by atoms with van der Waals surface area (Å²) in [5, 5.41) is 10.5. The van der Waals surface area contributed by atoms with Gasteiger partial charge in [-0.15, -0.1) is 11.3 Å². The summed E-state index contributed by atoms with van der Waals surface area (Å²) in [4.78, 5) is 0. The molecule has 8 aromatic carbocycles. The summed E-state index contributed by atoms with van der Waals surface area (Å²) in [6.45, 7) is 4.75. The molecule has 9 aromatic rings. The molecule has 0 radical (unpaired) electrons. The van der Waals surface area contributed by atoms with Crippen LogP contribution in [-0.4, -0.2) is 0 Å². The van der Waals surface area contributed by atoms with Gasteiger partial charge >= 0.3 is 0 Å². The number of thiophene rings is 1. The Morgan fingerprint density at radius 1 is 0.413 bits per heavy atom. The molecule has 1 aliphatic carbocycles. The van der Waals surface area contributed by atoms with Gasteiger partial charge in [-0.25, -0.2) is 0 Å². The van der Waals surface area contributed by atoms with Crippen LogP contribution >= 0.6 is 11.3 Å². The molecule has 216 valence electrons. The van der Waals surface area contributed by atoms with E-state index < -0.39 is 0 Å². The van der Waals surface area contributed by atoms with Crippen LogP contribution in [0.4, 0.5) is 0 Å². The van der Waals surface area contributed by atoms with E-state index in [-0.39, 0.29) is 5.41 Å². The molecule has 1 heterocycles. The highest BCUT2D eigenvalue weighted by Gasteiger charge is 2.36. The van der Waals surface area contributed by atoms with Crippen LogP contribution in [0.3, 0.4) is 0 Å². The number of hydrogen-bond donors (Lipinski definition) is 0. The molecule has 0 spiro atoms. The molecule has 0 saturated heterocycles. The highest BCUT2D eigenvalue weighted by molar-refractivity contribution is 7.26. The van der Waals surface area contributed by atoms with Crippen molar-refractivity contribution in [3.8, 4) is 33.4 Å². The molecule has 0 saturated carbocycles. The lowest BCUT2D eigenvalue weighted by molar-refractivity contribution is 0.661. The summed E-state index contributed by atoms with van der Waals surface area (Å²) in [5.74, 6) is 0. The van der Waals surface area contributed by atoms with Crippen LogP contribution < -0.4 is 0 Å². The monoisotopic (exact) mass is 602 g/mol. The van der Waals surface area contributed by atoms with E-state index in [1.165, 1.54) is 97.0 Å². The fourth-order valence-electron chi connectivity index (χ4n) is 8.27. The molecule has 0 atom stereocenters. The number of rotatable bonds is 2. The van der Waals surface area contributed by atoms with Gasteiger partial charge in [-0.1, -0.05) is 135 Å². The average molecular weight is 603 g/mol. The molecule has 0 aliphatic heterocycles. The highest BCUT2D eigenvalue weighted by atomic mass is 32.1. The lowest BCUT2D eigenvalue weighted by Crippen LogP contribution is -2.14. The van der Waals surface area contributed by atoms with E-state index in [1.807, 2.05) is 11.3 Å². The third-order valence-corrected chi connectivity index (χ3v) is 11.7. The molecule has 0 nitrogen and oxygen atoms in total. The second-order valence-corrected chi connectivity index (χ2v) is 14.3. The second kappa shape index (κ2) is 9.39. The van der Waals surface area contributed by atoms with Gasteiger partial charge in [0.25, 0.3) is 0 Å². The topological polar surface area (TPSA) is 0 Å². The van der Waals surface area contributed by atoms with Crippen LogP contribution in [0.15, 0.2) is 146 Å². The zero-order valence-electron chi connectivity index (χ0n) is 25.8. The molecule has 0 unspecified atom stereocenters. The summed E-state index contributed by atoms with van der Waals surface area (Å²) in [7, 11) is 0. The third-order valence-electron chi connectivity index (χ3n) is 10.4. The predicted octanol–water partition coefficient (Wildman–Crippen LogP) is 13.2. The van der Waals surface area contributed by atoms with Crippen LogP contribution in [0.5, 0.6) is 0 Å². The average Bonchev–Trinajstić information content (AvgIpc) is 3.58. The first kappa shape index (κ1) is 26.0. The van der Waals surface area contributed by atoms with Gasteiger partial charge in [0.2, 0.25) is 0 Å². The standard InChI is InChI=1S/C45H30S/c1-45(2)39-23-22-29(25-37(39)38-24-27-12-3-4-13-28(27)26-40(38)45)42-31-15-5-7-17-33(31)43(34-18-8-6-16-32(34)42)36-20-11-19-35-30-14-9-10-21-41(30)46-44(35)36/h3-26H,1-2H3. The van der Waals surface area contributed by atoms with Gasteiger partial charge in [0.1, 0.15) is 0 Å². The van der Waals surface area contributed by atoms with Gasteiger partial charge in [-0.3, -0.25) is 0 Å². The minimum atomic E-state index is -0.0514. The van der Waals surface area contributed by atoms with E-state index in [0.717, 1.165) is 0 Å². The van der Waals surface area contributed by atoms with Crippen molar-refractivity contribution in [2.24, 2.45) is 0 Å². The number of benzene rings is 8. The predicted molar refractivity (Wildman–Crippen MR) is 200 cm³/mol. The molecular formula is C45H30S. The van der Waals surface area contributed by atoms with E-state index in [0.29, 0.717) is 0 Å². The largest absolute Gasteiger partial charge is 0.135 e. The highest BCUT2D eigenvalue weighted by Crippen LogP contribution is 2.53. The van der Waals surface area contributed by atoms with Gasteiger partial charge in [0.05, 0.1) is 0 Å². The van der Waals surface area contributed by atoms with Gasteiger partial charge in [-0.05, 0) is 95.5 Å². The molecule has 0 amide bonds. The van der Waals surface area contributed by atoms with Crippen molar-refractivity contribution < 1.29 is 0 Å². The van der Waals surface area contributed by atoms with Crippen LogP contribution in [0, 0.1) is 0 Å². The van der Waals surface area contributed by atoms with E-state index in [2.05, 4.69) is 159 Å². The molecule has 1 aliphatic rings. The minimum Gasteiger partial charge on any atom is -0.135 e. The maximum Gasteiger partial charge on any atom is 0.0434 e. The van der Waals surface area contributed by atoms with Crippen molar-refractivity contribution in [3.63, 3.8) is 0 Å². The lowest BCUT2D eigenvalue weighted by atomic mass is 9.81. The smallest absolute Gasteiger partial charge is 0.0434 e. The molecule has 0 fully saturated rings. The zero-order valence-corrected chi connectivity index (χ0v) is 26.6. The Balaban J connectivity index is 1.28. The quantitative estimate of drug-likeness (QED) is 0.173. The van der Waals surface area contributed by atoms with Crippen molar-refractivity contribution in [1.29, 1.82) is 0 Å². The Labute approximate surface area is 272 Å². The summed E-state index contributed by atoms with van der Waals surface area (Å²) in [6.07, 6.45) is 0. The van der Waals surface area contributed by atoms with Crippen LogP contribution in [-0.2, 0) is 5.41 Å². The molecule has 10 rings (SSSR count). The fourth-order valence-corrected chi connectivity index (χ4v) is 9.49. The summed E-state index contributed by atoms with van der Waals surface area (Å²) >= 11 is 1.91. The summed E-state index contributed by atoms with van der Waals surface area (Å²) < 4.78 is 2.69. The van der Waals surface area contributed by atoms with Crippen molar-refractivity contribution in [3.05, 3.63) is 157 Å². The van der Waals surface area contributed by atoms with Crippen molar-refractivity contribution in [2.75, 3.05) is 0 Å². The molecule has 1 heteroatoms. The van der Waals surface area contributed by atoms with Crippen LogP contribution in [0.25, 0.3) is 85.9 Å². The first-order chi connectivity index (χ1) is 22.6. The molecule has 0 bridgehead atoms. The van der Waals surface area contributed by atoms with Crippen molar-refractivity contribution in [2.45, 2.75) is 19.3 Å². The van der Waals surface area contributed by atoms with E-state index in [4.69, 9.17) is 0 Å². The molecular weight excluding hydrogens is 573 g/mol. The van der Waals surface area contributed by atoms with Gasteiger partial charge in [-0.2, -0.15) is 0 Å². The number of fused-ring (bicyclic) bond motifs is 9. The summed E-state index contributed by atoms with van der Waals surface area (Å²) in [5.41, 5.74) is 10.7.